The van der Waals surface area contributed by atoms with Gasteiger partial charge in [0, 0.05) is 44.0 Å². The van der Waals surface area contributed by atoms with Crippen molar-refractivity contribution in [2.24, 2.45) is 0 Å². The Kier molecular flexibility index (Phi) is 8.46. The number of hydrogen-bond donors (Lipinski definition) is 0. The van der Waals surface area contributed by atoms with Crippen molar-refractivity contribution < 1.29 is 19.1 Å². The fourth-order valence-corrected chi connectivity index (χ4v) is 5.05. The summed E-state index contributed by atoms with van der Waals surface area (Å²) in [5.41, 5.74) is 1.64. The van der Waals surface area contributed by atoms with Crippen LogP contribution in [0.15, 0.2) is 12.1 Å². The zero-order chi connectivity index (χ0) is 22.0. The zero-order valence-electron chi connectivity index (χ0n) is 17.8. The van der Waals surface area contributed by atoms with Gasteiger partial charge in [-0.05, 0) is 31.0 Å². The molecule has 0 spiro atoms. The predicted molar refractivity (Wildman–Crippen MR) is 127 cm³/mol. The average Bonchev–Trinajstić information content (AvgIpc) is 3.33. The number of carbonyl (C=O) groups is 3. The number of carbonyl (C=O) groups excluding carboxylic acids is 3. The Hall–Kier alpha value is -1.78. The molecule has 1 aromatic carbocycles. The first-order chi connectivity index (χ1) is 14.9. The number of anilines is 1. The number of amides is 3. The number of rotatable bonds is 7. The maximum atomic E-state index is 13.2. The van der Waals surface area contributed by atoms with Crippen molar-refractivity contribution in [1.82, 2.24) is 14.8 Å². The Balaban J connectivity index is 0.00000289. The maximum absolute atomic E-state index is 13.2. The van der Waals surface area contributed by atoms with Gasteiger partial charge in [-0.2, -0.15) is 0 Å². The van der Waals surface area contributed by atoms with Crippen LogP contribution in [0.1, 0.15) is 24.8 Å². The molecule has 3 amide bonds. The van der Waals surface area contributed by atoms with E-state index in [0.717, 1.165) is 59.9 Å². The number of aryl methyl sites for hydroxylation is 1. The molecule has 4 rings (SSSR count). The lowest BCUT2D eigenvalue weighted by Gasteiger charge is -2.28. The van der Waals surface area contributed by atoms with Crippen LogP contribution in [-0.4, -0.2) is 78.4 Å². The van der Waals surface area contributed by atoms with Crippen molar-refractivity contribution in [2.45, 2.75) is 26.2 Å². The molecule has 8 nitrogen and oxygen atoms in total. The van der Waals surface area contributed by atoms with E-state index in [-0.39, 0.29) is 49.5 Å². The molecule has 2 aliphatic rings. The van der Waals surface area contributed by atoms with Crippen LogP contribution >= 0.6 is 35.3 Å². The summed E-state index contributed by atoms with van der Waals surface area (Å²) < 4.78 is 6.33. The third kappa shape index (κ3) is 5.40. The van der Waals surface area contributed by atoms with Crippen LogP contribution in [0.2, 0.25) is 5.02 Å². The molecule has 2 fully saturated rings. The molecular weight excluding hydrogens is 475 g/mol. The van der Waals surface area contributed by atoms with Crippen LogP contribution < -0.4 is 4.90 Å². The van der Waals surface area contributed by atoms with Crippen molar-refractivity contribution in [3.63, 3.8) is 0 Å². The number of aromatic nitrogens is 1. The molecule has 0 unspecified atom stereocenters. The maximum Gasteiger partial charge on any atom is 0.248 e. The van der Waals surface area contributed by atoms with Crippen molar-refractivity contribution in [3.8, 4) is 0 Å². The first-order valence-electron chi connectivity index (χ1n) is 10.4. The molecule has 2 aliphatic heterocycles. The van der Waals surface area contributed by atoms with Crippen molar-refractivity contribution in [3.05, 3.63) is 22.7 Å². The van der Waals surface area contributed by atoms with Gasteiger partial charge in [0.25, 0.3) is 0 Å². The van der Waals surface area contributed by atoms with Gasteiger partial charge >= 0.3 is 0 Å². The number of ether oxygens (including phenoxy) is 1. The van der Waals surface area contributed by atoms with E-state index in [1.807, 2.05) is 19.1 Å². The zero-order valence-corrected chi connectivity index (χ0v) is 20.2. The predicted octanol–water partition coefficient (Wildman–Crippen LogP) is 2.88. The molecule has 3 heterocycles. The van der Waals surface area contributed by atoms with E-state index in [2.05, 4.69) is 9.88 Å². The van der Waals surface area contributed by atoms with Gasteiger partial charge in [-0.25, -0.2) is 4.98 Å². The van der Waals surface area contributed by atoms with E-state index < -0.39 is 0 Å². The molecule has 0 saturated carbocycles. The van der Waals surface area contributed by atoms with Crippen LogP contribution in [0.4, 0.5) is 5.13 Å². The Labute approximate surface area is 201 Å². The number of halogens is 2. The number of likely N-dealkylation sites (tertiary alicyclic amines) is 1. The topological polar surface area (TPSA) is 83.0 Å². The Morgan fingerprint density at radius 2 is 1.91 bits per heavy atom. The summed E-state index contributed by atoms with van der Waals surface area (Å²) >= 11 is 7.66. The third-order valence-electron chi connectivity index (χ3n) is 5.68. The molecule has 2 aromatic rings. The normalized spacial score (nSPS) is 17.1. The number of fused-ring (bicyclic) bond motifs is 1. The standard InChI is InChI=1S/C21H25ClN4O4S.ClH/c1-14-15(22)3-4-16-20(14)23-21(31-16)25(8-2-7-24-9-11-30-12-10-24)19(29)13-26-17(27)5-6-18(26)28;/h3-4H,2,5-13H2,1H3;1H. The van der Waals surface area contributed by atoms with Crippen LogP contribution in [0.5, 0.6) is 0 Å². The first kappa shape index (κ1) is 24.9. The highest BCUT2D eigenvalue weighted by atomic mass is 35.5. The van der Waals surface area contributed by atoms with Crippen LogP contribution in [0, 0.1) is 6.92 Å². The summed E-state index contributed by atoms with van der Waals surface area (Å²) in [5, 5.41) is 1.19. The van der Waals surface area contributed by atoms with E-state index in [1.54, 1.807) is 4.90 Å². The number of thiazole rings is 1. The molecular formula is C21H26Cl2N4O4S. The summed E-state index contributed by atoms with van der Waals surface area (Å²) in [7, 11) is 0. The highest BCUT2D eigenvalue weighted by Gasteiger charge is 2.32. The van der Waals surface area contributed by atoms with E-state index in [4.69, 9.17) is 16.3 Å². The van der Waals surface area contributed by atoms with Gasteiger partial charge in [0.15, 0.2) is 5.13 Å². The number of morpholine rings is 1. The summed E-state index contributed by atoms with van der Waals surface area (Å²) in [6, 6.07) is 3.73. The second-order valence-corrected chi connectivity index (χ2v) is 9.16. The van der Waals surface area contributed by atoms with E-state index in [1.165, 1.54) is 11.3 Å². The number of benzene rings is 1. The molecule has 0 radical (unpaired) electrons. The lowest BCUT2D eigenvalue weighted by atomic mass is 10.2. The van der Waals surface area contributed by atoms with Gasteiger partial charge < -0.3 is 4.74 Å². The minimum atomic E-state index is -0.298. The van der Waals surface area contributed by atoms with Crippen molar-refractivity contribution in [2.75, 3.05) is 50.8 Å². The fourth-order valence-electron chi connectivity index (χ4n) is 3.83. The van der Waals surface area contributed by atoms with Crippen molar-refractivity contribution in [1.29, 1.82) is 0 Å². The van der Waals surface area contributed by atoms with Gasteiger partial charge in [-0.1, -0.05) is 22.9 Å². The Morgan fingerprint density at radius 1 is 1.22 bits per heavy atom. The average molecular weight is 501 g/mol. The fraction of sp³-hybridized carbons (Fsp3) is 0.524. The van der Waals surface area contributed by atoms with E-state index >= 15 is 0 Å². The third-order valence-corrected chi connectivity index (χ3v) is 7.13. The van der Waals surface area contributed by atoms with Crippen LogP contribution in [0.3, 0.4) is 0 Å². The van der Waals surface area contributed by atoms with Gasteiger partial charge in [0.2, 0.25) is 17.7 Å². The SMILES string of the molecule is Cc1c(Cl)ccc2sc(N(CCCN3CCOCC3)C(=O)CN3C(=O)CCC3=O)nc12.Cl. The highest BCUT2D eigenvalue weighted by molar-refractivity contribution is 7.22. The quantitative estimate of drug-likeness (QED) is 0.543. The molecule has 0 bridgehead atoms. The minimum Gasteiger partial charge on any atom is -0.379 e. The number of hydrogen-bond acceptors (Lipinski definition) is 7. The van der Waals surface area contributed by atoms with Crippen molar-refractivity contribution >= 4 is 68.4 Å². The lowest BCUT2D eigenvalue weighted by molar-refractivity contribution is -0.141. The smallest absolute Gasteiger partial charge is 0.248 e. The van der Waals surface area contributed by atoms with E-state index in [0.29, 0.717) is 16.7 Å². The molecule has 0 aliphatic carbocycles. The van der Waals surface area contributed by atoms with Crippen LogP contribution in [0.25, 0.3) is 10.2 Å². The van der Waals surface area contributed by atoms with Gasteiger partial charge in [0.05, 0.1) is 23.4 Å². The highest BCUT2D eigenvalue weighted by Crippen LogP contribution is 2.34. The molecule has 0 atom stereocenters. The van der Waals surface area contributed by atoms with E-state index in [9.17, 15) is 14.4 Å². The molecule has 2 saturated heterocycles. The van der Waals surface area contributed by atoms with Gasteiger partial charge in [-0.3, -0.25) is 29.1 Å². The second kappa shape index (κ2) is 10.9. The molecule has 1 aromatic heterocycles. The molecule has 174 valence electrons. The van der Waals surface area contributed by atoms with Gasteiger partial charge in [-0.15, -0.1) is 12.4 Å². The summed E-state index contributed by atoms with van der Waals surface area (Å²) in [4.78, 5) is 46.9. The van der Waals surface area contributed by atoms with Crippen LogP contribution in [-0.2, 0) is 19.1 Å². The Morgan fingerprint density at radius 3 is 2.59 bits per heavy atom. The first-order valence-corrected chi connectivity index (χ1v) is 11.6. The molecule has 0 N–H and O–H groups in total. The minimum absolute atomic E-state index is 0. The Bertz CT molecular complexity index is 993. The summed E-state index contributed by atoms with van der Waals surface area (Å²) in [5.74, 6) is -0.884. The summed E-state index contributed by atoms with van der Waals surface area (Å²) in [6.45, 7) is 6.15. The monoisotopic (exact) mass is 500 g/mol. The number of imide groups is 1. The molecule has 11 heteroatoms. The number of nitrogens with zero attached hydrogens (tertiary/aromatic N) is 4. The largest absolute Gasteiger partial charge is 0.379 e. The summed E-state index contributed by atoms with van der Waals surface area (Å²) in [6.07, 6.45) is 1.09. The second-order valence-electron chi connectivity index (χ2n) is 7.74. The molecule has 32 heavy (non-hydrogen) atoms. The lowest BCUT2D eigenvalue weighted by Crippen LogP contribution is -2.44. The van der Waals surface area contributed by atoms with Gasteiger partial charge in [0.1, 0.15) is 6.54 Å².